The molecule has 0 atom stereocenters. The minimum absolute atomic E-state index is 0.0522. The van der Waals surface area contributed by atoms with Gasteiger partial charge in [-0.2, -0.15) is 0 Å². The van der Waals surface area contributed by atoms with Crippen molar-refractivity contribution in [1.29, 1.82) is 0 Å². The first kappa shape index (κ1) is 36.1. The van der Waals surface area contributed by atoms with Crippen molar-refractivity contribution in [3.05, 3.63) is 135 Å². The van der Waals surface area contributed by atoms with Crippen LogP contribution >= 0.6 is 23.2 Å². The first-order valence-corrected chi connectivity index (χ1v) is 15.8. The first-order valence-electron chi connectivity index (χ1n) is 15.1. The highest BCUT2D eigenvalue weighted by molar-refractivity contribution is 6.34. The number of carbonyl (C=O) groups excluding carboxylic acids is 1. The van der Waals surface area contributed by atoms with Gasteiger partial charge in [0.15, 0.2) is 0 Å². The molecule has 0 heterocycles. The predicted molar refractivity (Wildman–Crippen MR) is 192 cm³/mol. The van der Waals surface area contributed by atoms with Crippen molar-refractivity contribution < 1.29 is 43.6 Å². The lowest BCUT2D eigenvalue weighted by Gasteiger charge is -2.14. The minimum atomic E-state index is -1.31. The molecule has 5 aromatic rings. The lowest BCUT2D eigenvalue weighted by atomic mass is 10.0. The number of halogens is 2. The maximum Gasteiger partial charge on any atom is 0.336 e. The highest BCUT2D eigenvalue weighted by atomic mass is 35.5. The van der Waals surface area contributed by atoms with Crippen molar-refractivity contribution in [2.45, 2.75) is 6.61 Å². The first-order chi connectivity index (χ1) is 24.6. The third-order valence-electron chi connectivity index (χ3n) is 7.24. The van der Waals surface area contributed by atoms with Crippen LogP contribution in [0.15, 0.2) is 103 Å². The van der Waals surface area contributed by atoms with E-state index < -0.39 is 17.8 Å². The Morgan fingerprint density at radius 3 is 1.90 bits per heavy atom. The molecule has 0 spiro atoms. The highest BCUT2D eigenvalue weighted by Gasteiger charge is 2.19. The Bertz CT molecular complexity index is 2120. The van der Waals surface area contributed by atoms with E-state index in [9.17, 15) is 24.6 Å². The van der Waals surface area contributed by atoms with E-state index in [0.29, 0.717) is 45.5 Å². The number of rotatable bonds is 15. The van der Waals surface area contributed by atoms with Gasteiger partial charge in [-0.15, -0.1) is 0 Å². The molecule has 51 heavy (non-hydrogen) atoms. The van der Waals surface area contributed by atoms with Crippen molar-refractivity contribution in [1.82, 2.24) is 0 Å². The fourth-order valence-electron chi connectivity index (χ4n) is 4.81. The largest absolute Gasteiger partial charge is 0.490 e. The molecule has 258 valence electrons. The summed E-state index contributed by atoms with van der Waals surface area (Å²) in [4.78, 5) is 42.1. The molecular weight excluding hydrogens is 699 g/mol. The quantitative estimate of drug-likeness (QED) is 0.0471. The molecule has 0 unspecified atom stereocenters. The fourth-order valence-corrected chi connectivity index (χ4v) is 5.25. The van der Waals surface area contributed by atoms with Crippen LogP contribution in [-0.4, -0.2) is 41.3 Å². The van der Waals surface area contributed by atoms with Crippen LogP contribution < -0.4 is 25.0 Å². The topological polar surface area (TPSA) is 153 Å². The number of para-hydroxylation sites is 1. The number of terminal acetylenes is 1. The average Bonchev–Trinajstić information content (AvgIpc) is 3.12. The normalized spacial score (nSPS) is 10.5. The number of ether oxygens (including phenoxy) is 3. The van der Waals surface area contributed by atoms with Gasteiger partial charge in [0.25, 0.3) is 5.91 Å². The molecule has 0 aliphatic carbocycles. The van der Waals surface area contributed by atoms with Gasteiger partial charge in [-0.05, 0) is 89.5 Å². The number of hydrogen-bond donors (Lipinski definition) is 4. The van der Waals surface area contributed by atoms with Crippen LogP contribution in [0.4, 0.5) is 11.4 Å². The van der Waals surface area contributed by atoms with Crippen molar-refractivity contribution in [3.8, 4) is 40.9 Å². The Kier molecular flexibility index (Phi) is 12.0. The summed E-state index contributed by atoms with van der Waals surface area (Å²) in [5, 5.41) is 22.3. The molecule has 4 N–H and O–H groups in total. The molecule has 11 nitrogen and oxygen atoms in total. The van der Waals surface area contributed by atoms with Crippen LogP contribution in [0.2, 0.25) is 10.0 Å². The number of amides is 1. The zero-order valence-electron chi connectivity index (χ0n) is 26.5. The van der Waals surface area contributed by atoms with Gasteiger partial charge in [-0.25, -0.2) is 9.59 Å². The summed E-state index contributed by atoms with van der Waals surface area (Å²) in [7, 11) is 0. The second kappa shape index (κ2) is 17.0. The molecule has 0 saturated carbocycles. The van der Waals surface area contributed by atoms with Crippen LogP contribution in [0.25, 0.3) is 11.1 Å². The number of aromatic carboxylic acids is 2. The van der Waals surface area contributed by atoms with Gasteiger partial charge in [-0.1, -0.05) is 60.0 Å². The maximum atomic E-state index is 13.0. The van der Waals surface area contributed by atoms with Gasteiger partial charge < -0.3 is 29.7 Å². The summed E-state index contributed by atoms with van der Waals surface area (Å²) < 4.78 is 16.3. The van der Waals surface area contributed by atoms with Gasteiger partial charge >= 0.3 is 11.9 Å². The lowest BCUT2D eigenvalue weighted by molar-refractivity contribution is 0.0682. The van der Waals surface area contributed by atoms with Crippen LogP contribution in [-0.2, 0) is 11.4 Å². The summed E-state index contributed by atoms with van der Waals surface area (Å²) in [6.45, 7) is 0.430. The summed E-state index contributed by atoms with van der Waals surface area (Å²) >= 11 is 13.0. The lowest BCUT2D eigenvalue weighted by Crippen LogP contribution is -2.16. The zero-order chi connectivity index (χ0) is 36.3. The number of hydrogen-bond acceptors (Lipinski definition) is 8. The van der Waals surface area contributed by atoms with E-state index in [-0.39, 0.29) is 46.4 Å². The summed E-state index contributed by atoms with van der Waals surface area (Å²) in [5.41, 5.74) is 4.77. The van der Waals surface area contributed by atoms with Crippen LogP contribution in [0.5, 0.6) is 17.2 Å². The Morgan fingerprint density at radius 2 is 1.27 bits per heavy atom. The van der Waals surface area contributed by atoms with Crippen molar-refractivity contribution >= 4 is 52.4 Å². The van der Waals surface area contributed by atoms with Gasteiger partial charge in [0.2, 0.25) is 0 Å². The average molecular weight is 728 g/mol. The monoisotopic (exact) mass is 726 g/mol. The molecule has 0 radical (unpaired) electrons. The number of benzene rings is 5. The molecule has 0 bridgehead atoms. The second-order valence-electron chi connectivity index (χ2n) is 10.6. The van der Waals surface area contributed by atoms with Gasteiger partial charge in [0, 0.05) is 0 Å². The van der Waals surface area contributed by atoms with E-state index in [2.05, 4.69) is 10.8 Å². The van der Waals surface area contributed by atoms with Crippen molar-refractivity contribution in [2.75, 3.05) is 24.0 Å². The Hall–Kier alpha value is -6.19. The highest BCUT2D eigenvalue weighted by Crippen LogP contribution is 2.33. The van der Waals surface area contributed by atoms with Crippen molar-refractivity contribution in [2.24, 2.45) is 0 Å². The Balaban J connectivity index is 1.20. The van der Waals surface area contributed by atoms with Crippen molar-refractivity contribution in [3.63, 3.8) is 0 Å². The molecular formula is C38H28Cl2N2O9. The molecule has 5 rings (SSSR count). The summed E-state index contributed by atoms with van der Waals surface area (Å²) in [6, 6.07) is 27.6. The molecule has 13 heteroatoms. The molecule has 0 saturated heterocycles. The third kappa shape index (κ3) is 9.49. The van der Waals surface area contributed by atoms with Gasteiger partial charge in [0.05, 0.1) is 38.1 Å². The minimum Gasteiger partial charge on any atom is -0.490 e. The molecule has 0 fully saturated rings. The maximum absolute atomic E-state index is 13.0. The van der Waals surface area contributed by atoms with Crippen LogP contribution in [0.1, 0.15) is 36.6 Å². The third-order valence-corrected chi connectivity index (χ3v) is 7.87. The van der Waals surface area contributed by atoms with E-state index in [1.54, 1.807) is 48.5 Å². The number of nitrogens with one attached hydrogen (secondary N) is 2. The van der Waals surface area contributed by atoms with E-state index >= 15 is 0 Å². The van der Waals surface area contributed by atoms with E-state index in [1.807, 2.05) is 36.4 Å². The number of anilines is 2. The molecule has 0 aliphatic rings. The predicted octanol–water partition coefficient (Wildman–Crippen LogP) is 8.28. The molecule has 5 aromatic carbocycles. The van der Waals surface area contributed by atoms with E-state index in [0.717, 1.165) is 0 Å². The molecule has 0 aromatic heterocycles. The Labute approximate surface area is 302 Å². The fraction of sp³-hybridized carbons (Fsp3) is 0.0789. The summed E-state index contributed by atoms with van der Waals surface area (Å²) in [5.74, 6) is -1.86. The Morgan fingerprint density at radius 1 is 0.667 bits per heavy atom. The number of carbonyl (C=O) groups is 3. The smallest absolute Gasteiger partial charge is 0.336 e. The molecule has 0 aliphatic heterocycles. The van der Waals surface area contributed by atoms with E-state index in [1.165, 1.54) is 24.3 Å². The van der Waals surface area contributed by atoms with Crippen LogP contribution in [0, 0.1) is 12.5 Å². The summed E-state index contributed by atoms with van der Waals surface area (Å²) in [6.07, 6.45) is 7.12. The number of carboxylic acid groups (broad SMARTS) is 2. The SMILES string of the molecule is C#COc1ccc(C(=O)O)c(C(=O)Nc2ccc(-c3ccc(NOCc4cc(OCCOc5ccccc5)ccc4C(=O)O)c(Cl)c3)cc2Cl)c1. The molecule has 1 amide bonds. The zero-order valence-corrected chi connectivity index (χ0v) is 28.0. The van der Waals surface area contributed by atoms with Gasteiger partial charge in [0.1, 0.15) is 43.2 Å². The van der Waals surface area contributed by atoms with Crippen LogP contribution in [0.3, 0.4) is 0 Å². The second-order valence-corrected chi connectivity index (χ2v) is 11.4. The number of carboxylic acids is 2. The van der Waals surface area contributed by atoms with Gasteiger partial charge in [-0.3, -0.25) is 15.1 Å². The van der Waals surface area contributed by atoms with E-state index in [4.69, 9.17) is 48.7 Å². The standard InChI is InChI=1S/C38H28Cl2N2O9/c1-2-48-28-11-13-30(38(46)47)31(21-28)36(43)41-34-14-8-23(19-32(34)39)24-9-15-35(33(40)20-24)42-51-22-25-18-27(10-12-29(25)37(44)45)50-17-16-49-26-6-4-3-5-7-26/h1,3-15,18-21,42H,16-17,22H2,(H,41,43)(H,44,45)(H,46,47).